The second-order valence-electron chi connectivity index (χ2n) is 5.38. The molecular weight excluding hydrogens is 340 g/mol. The van der Waals surface area contributed by atoms with Gasteiger partial charge in [0.05, 0.1) is 11.3 Å². The second-order valence-corrected chi connectivity index (χ2v) is 6.29. The number of Topliss-reactive ketones (excluding diaryl/α,β-unsaturated/α-hetero) is 1. The summed E-state index contributed by atoms with van der Waals surface area (Å²) in [6.07, 6.45) is 2.34. The van der Waals surface area contributed by atoms with Gasteiger partial charge in [-0.25, -0.2) is 0 Å². The summed E-state index contributed by atoms with van der Waals surface area (Å²) in [5.41, 5.74) is 1.48. The lowest BCUT2D eigenvalue weighted by Gasteiger charge is -2.01. The number of ketones is 1. The van der Waals surface area contributed by atoms with Crippen LogP contribution >= 0.6 is 11.3 Å². The molecule has 3 aromatic rings. The molecule has 1 N–H and O–H groups in total. The Morgan fingerprint density at radius 3 is 2.92 bits per heavy atom. The maximum atomic E-state index is 11.9. The lowest BCUT2D eigenvalue weighted by molar-refractivity contribution is -0.120. The third-order valence-corrected chi connectivity index (χ3v) is 4.47. The number of thiophene rings is 1. The zero-order valence-corrected chi connectivity index (χ0v) is 14.4. The number of pyridine rings is 1. The summed E-state index contributed by atoms with van der Waals surface area (Å²) in [6.45, 7) is 1.91. The van der Waals surface area contributed by atoms with Crippen LogP contribution in [0.5, 0.6) is 0 Å². The first kappa shape index (κ1) is 17.0. The van der Waals surface area contributed by atoms with Gasteiger partial charge in [-0.1, -0.05) is 11.2 Å². The van der Waals surface area contributed by atoms with Gasteiger partial charge in [0.1, 0.15) is 5.69 Å². The number of rotatable bonds is 7. The average Bonchev–Trinajstić information content (AvgIpc) is 3.25. The predicted octanol–water partition coefficient (Wildman–Crippen LogP) is 2.30. The molecule has 0 saturated heterocycles. The molecule has 0 saturated carbocycles. The van der Waals surface area contributed by atoms with Crippen molar-refractivity contribution in [2.24, 2.45) is 0 Å². The average molecular weight is 356 g/mol. The van der Waals surface area contributed by atoms with E-state index in [4.69, 9.17) is 4.52 Å². The van der Waals surface area contributed by atoms with Crippen LogP contribution in [0, 0.1) is 0 Å². The number of hydrogen-bond acceptors (Lipinski definition) is 7. The number of nitrogens with one attached hydrogen (secondary N) is 1. The number of carbonyl (C=O) groups is 2. The lowest BCUT2D eigenvalue weighted by Crippen LogP contribution is -2.27. The third kappa shape index (κ3) is 4.57. The van der Waals surface area contributed by atoms with E-state index < -0.39 is 0 Å². The molecule has 25 heavy (non-hydrogen) atoms. The summed E-state index contributed by atoms with van der Waals surface area (Å²) < 4.78 is 5.16. The minimum Gasteiger partial charge on any atom is -0.355 e. The van der Waals surface area contributed by atoms with E-state index in [0.29, 0.717) is 35.3 Å². The molecule has 0 radical (unpaired) electrons. The molecule has 0 aliphatic heterocycles. The molecule has 1 amide bonds. The van der Waals surface area contributed by atoms with Gasteiger partial charge >= 0.3 is 0 Å². The fourth-order valence-electron chi connectivity index (χ4n) is 2.17. The summed E-state index contributed by atoms with van der Waals surface area (Å²) in [5, 5.41) is 8.51. The van der Waals surface area contributed by atoms with Crippen molar-refractivity contribution in [3.8, 4) is 11.5 Å². The molecule has 8 heteroatoms. The summed E-state index contributed by atoms with van der Waals surface area (Å²) >= 11 is 1.35. The van der Waals surface area contributed by atoms with Crippen LogP contribution in [0.3, 0.4) is 0 Å². The molecule has 0 aromatic carbocycles. The van der Waals surface area contributed by atoms with Crippen molar-refractivity contribution in [1.82, 2.24) is 20.4 Å². The number of nitrogens with zero attached hydrogens (tertiary/aromatic N) is 3. The molecule has 128 valence electrons. The number of carbonyl (C=O) groups excluding carboxylic acids is 2. The van der Waals surface area contributed by atoms with Gasteiger partial charge in [0.15, 0.2) is 5.78 Å². The molecule has 0 unspecified atom stereocenters. The largest absolute Gasteiger partial charge is 0.355 e. The molecule has 3 rings (SSSR count). The Morgan fingerprint density at radius 2 is 2.20 bits per heavy atom. The van der Waals surface area contributed by atoms with Gasteiger partial charge in [0, 0.05) is 19.2 Å². The minimum atomic E-state index is -0.114. The lowest BCUT2D eigenvalue weighted by atomic mass is 10.2. The van der Waals surface area contributed by atoms with E-state index in [1.807, 2.05) is 17.5 Å². The van der Waals surface area contributed by atoms with Gasteiger partial charge in [-0.05, 0) is 36.1 Å². The quantitative estimate of drug-likeness (QED) is 0.652. The van der Waals surface area contributed by atoms with Crippen LogP contribution in [-0.4, -0.2) is 33.4 Å². The standard InChI is InChI=1S/C17H16N4O3S/c1-11(22)14-8-12(10-25-14)9-15(23)19-7-5-16-20-17(21-24-16)13-4-2-3-6-18-13/h2-4,6,8,10H,5,7,9H2,1H3,(H,19,23). The smallest absolute Gasteiger partial charge is 0.228 e. The molecule has 0 aliphatic carbocycles. The van der Waals surface area contributed by atoms with Crippen LogP contribution in [0.4, 0.5) is 0 Å². The van der Waals surface area contributed by atoms with E-state index in [9.17, 15) is 9.59 Å². The fourth-order valence-corrected chi connectivity index (χ4v) is 2.98. The van der Waals surface area contributed by atoms with Crippen LogP contribution < -0.4 is 5.32 Å². The highest BCUT2D eigenvalue weighted by Crippen LogP contribution is 2.15. The van der Waals surface area contributed by atoms with Gasteiger partial charge in [0.25, 0.3) is 0 Å². The second kappa shape index (κ2) is 7.80. The Balaban J connectivity index is 1.47. The molecule has 0 aliphatic rings. The SMILES string of the molecule is CC(=O)c1cc(CC(=O)NCCc2nc(-c3ccccn3)no2)cs1. The van der Waals surface area contributed by atoms with Gasteiger partial charge in [-0.2, -0.15) is 4.98 Å². The van der Waals surface area contributed by atoms with E-state index >= 15 is 0 Å². The van der Waals surface area contributed by atoms with Crippen LogP contribution in [0.15, 0.2) is 40.4 Å². The summed E-state index contributed by atoms with van der Waals surface area (Å²) in [7, 11) is 0. The van der Waals surface area contributed by atoms with Crippen molar-refractivity contribution in [2.45, 2.75) is 19.8 Å². The fraction of sp³-hybridized carbons (Fsp3) is 0.235. The highest BCUT2D eigenvalue weighted by molar-refractivity contribution is 7.12. The predicted molar refractivity (Wildman–Crippen MR) is 92.3 cm³/mol. The first-order valence-electron chi connectivity index (χ1n) is 7.71. The van der Waals surface area contributed by atoms with E-state index in [-0.39, 0.29) is 18.1 Å². The van der Waals surface area contributed by atoms with Crippen molar-refractivity contribution in [1.29, 1.82) is 0 Å². The number of aromatic nitrogens is 3. The van der Waals surface area contributed by atoms with E-state index in [2.05, 4.69) is 20.4 Å². The van der Waals surface area contributed by atoms with E-state index in [1.54, 1.807) is 18.3 Å². The normalized spacial score (nSPS) is 10.6. The third-order valence-electron chi connectivity index (χ3n) is 3.39. The Labute approximate surface area is 148 Å². The Morgan fingerprint density at radius 1 is 1.32 bits per heavy atom. The first-order chi connectivity index (χ1) is 12.1. The zero-order valence-electron chi connectivity index (χ0n) is 13.6. The van der Waals surface area contributed by atoms with Crippen molar-refractivity contribution >= 4 is 23.0 Å². The van der Waals surface area contributed by atoms with Crippen molar-refractivity contribution < 1.29 is 14.1 Å². The molecular formula is C17H16N4O3S. The van der Waals surface area contributed by atoms with Crippen LogP contribution in [0.25, 0.3) is 11.5 Å². The van der Waals surface area contributed by atoms with Crippen LogP contribution in [-0.2, 0) is 17.6 Å². The first-order valence-corrected chi connectivity index (χ1v) is 8.59. The van der Waals surface area contributed by atoms with Gasteiger partial charge in [-0.3, -0.25) is 14.6 Å². The maximum absolute atomic E-state index is 11.9. The summed E-state index contributed by atoms with van der Waals surface area (Å²) in [4.78, 5) is 32.3. The molecule has 3 heterocycles. The molecule has 7 nitrogen and oxygen atoms in total. The number of hydrogen-bond donors (Lipinski definition) is 1. The van der Waals surface area contributed by atoms with Crippen molar-refractivity contribution in [2.75, 3.05) is 6.54 Å². The van der Waals surface area contributed by atoms with Crippen molar-refractivity contribution in [3.63, 3.8) is 0 Å². The van der Waals surface area contributed by atoms with Gasteiger partial charge in [-0.15, -0.1) is 11.3 Å². The molecule has 0 spiro atoms. The van der Waals surface area contributed by atoms with Crippen molar-refractivity contribution in [3.05, 3.63) is 52.2 Å². The maximum Gasteiger partial charge on any atom is 0.228 e. The highest BCUT2D eigenvalue weighted by atomic mass is 32.1. The molecule has 0 fully saturated rings. The monoisotopic (exact) mass is 356 g/mol. The summed E-state index contributed by atoms with van der Waals surface area (Å²) in [6, 6.07) is 7.21. The van der Waals surface area contributed by atoms with Gasteiger partial charge < -0.3 is 9.84 Å². The topological polar surface area (TPSA) is 98.0 Å². The van der Waals surface area contributed by atoms with Crippen LogP contribution in [0.1, 0.15) is 28.0 Å². The Bertz CT molecular complexity index is 873. The molecule has 0 bridgehead atoms. The minimum absolute atomic E-state index is 0.0109. The highest BCUT2D eigenvalue weighted by Gasteiger charge is 2.11. The summed E-state index contributed by atoms with van der Waals surface area (Å²) in [5.74, 6) is 0.765. The van der Waals surface area contributed by atoms with Gasteiger partial charge in [0.2, 0.25) is 17.6 Å². The Kier molecular flexibility index (Phi) is 5.30. The van der Waals surface area contributed by atoms with E-state index in [1.165, 1.54) is 18.3 Å². The Hall–Kier alpha value is -2.87. The molecule has 3 aromatic heterocycles. The zero-order chi connectivity index (χ0) is 17.6. The van der Waals surface area contributed by atoms with E-state index in [0.717, 1.165) is 5.56 Å². The number of amides is 1. The molecule has 0 atom stereocenters. The van der Waals surface area contributed by atoms with Crippen LogP contribution in [0.2, 0.25) is 0 Å².